The highest BCUT2D eigenvalue weighted by atomic mass is 19.3. The highest BCUT2D eigenvalue weighted by Crippen LogP contribution is 2.36. The van der Waals surface area contributed by atoms with Crippen molar-refractivity contribution < 1.29 is 8.78 Å². The second kappa shape index (κ2) is 3.89. The molecule has 0 saturated heterocycles. The van der Waals surface area contributed by atoms with Crippen LogP contribution < -0.4 is 5.73 Å². The van der Waals surface area contributed by atoms with E-state index >= 15 is 0 Å². The van der Waals surface area contributed by atoms with Crippen molar-refractivity contribution in [2.75, 3.05) is 0 Å². The lowest BCUT2D eigenvalue weighted by atomic mass is 9.86. The molecule has 2 N–H and O–H groups in total. The van der Waals surface area contributed by atoms with Crippen molar-refractivity contribution >= 4 is 0 Å². The van der Waals surface area contributed by atoms with E-state index in [1.807, 2.05) is 12.1 Å². The van der Waals surface area contributed by atoms with Crippen LogP contribution in [0, 0.1) is 0 Å². The topological polar surface area (TPSA) is 26.0 Å². The fraction of sp³-hybridized carbons (Fsp3) is 0.500. The molecule has 0 saturated carbocycles. The van der Waals surface area contributed by atoms with Gasteiger partial charge in [-0.1, -0.05) is 30.7 Å². The maximum atomic E-state index is 13.0. The number of aryl methyl sites for hydroxylation is 1. The molecule has 2 rings (SSSR count). The van der Waals surface area contributed by atoms with E-state index in [9.17, 15) is 8.78 Å². The lowest BCUT2D eigenvalue weighted by Gasteiger charge is -2.29. The Bertz CT molecular complexity index is 351. The molecular formula is C12H15F2N. The van der Waals surface area contributed by atoms with Gasteiger partial charge in [-0.25, -0.2) is 8.78 Å². The van der Waals surface area contributed by atoms with Crippen LogP contribution in [0.15, 0.2) is 24.3 Å². The van der Waals surface area contributed by atoms with Crippen molar-refractivity contribution in [1.29, 1.82) is 0 Å². The number of alkyl halides is 2. The number of nitrogens with two attached hydrogens (primary N) is 1. The van der Waals surface area contributed by atoms with Gasteiger partial charge in [-0.2, -0.15) is 0 Å². The molecule has 1 aliphatic carbocycles. The number of hydrogen-bond donors (Lipinski definition) is 1. The molecule has 0 fully saturated rings. The van der Waals surface area contributed by atoms with Crippen molar-refractivity contribution in [3.05, 3.63) is 35.4 Å². The van der Waals surface area contributed by atoms with Gasteiger partial charge in [-0.05, 0) is 30.4 Å². The molecule has 1 atom stereocenters. The lowest BCUT2D eigenvalue weighted by molar-refractivity contribution is 0.0462. The monoisotopic (exact) mass is 211 g/mol. The van der Waals surface area contributed by atoms with E-state index in [0.717, 1.165) is 24.8 Å². The molecule has 1 unspecified atom stereocenters. The summed E-state index contributed by atoms with van der Waals surface area (Å²) in [5, 5.41) is 0. The summed E-state index contributed by atoms with van der Waals surface area (Å²) in [7, 11) is 0. The average Bonchev–Trinajstić information content (AvgIpc) is 2.40. The average molecular weight is 211 g/mol. The van der Waals surface area contributed by atoms with Crippen LogP contribution in [-0.2, 0) is 12.0 Å². The summed E-state index contributed by atoms with van der Waals surface area (Å²) in [6.07, 6.45) is 0.471. The summed E-state index contributed by atoms with van der Waals surface area (Å²) in [5.74, 6) is 0. The highest BCUT2D eigenvalue weighted by Gasteiger charge is 2.39. The minimum atomic E-state index is -2.49. The van der Waals surface area contributed by atoms with E-state index in [1.165, 1.54) is 0 Å². The van der Waals surface area contributed by atoms with E-state index in [0.29, 0.717) is 12.0 Å². The number of hydrogen-bond acceptors (Lipinski definition) is 1. The molecule has 3 heteroatoms. The van der Waals surface area contributed by atoms with Crippen LogP contribution in [0.25, 0.3) is 0 Å². The first kappa shape index (κ1) is 10.6. The third kappa shape index (κ3) is 1.76. The molecule has 1 aromatic carbocycles. The largest absolute Gasteiger partial charge is 0.317 e. The van der Waals surface area contributed by atoms with Crippen molar-refractivity contribution in [2.45, 2.75) is 37.6 Å². The Morgan fingerprint density at radius 1 is 1.20 bits per heavy atom. The Kier molecular flexibility index (Phi) is 2.74. The summed E-state index contributed by atoms with van der Waals surface area (Å²) < 4.78 is 26.1. The Hall–Kier alpha value is -0.960. The first-order chi connectivity index (χ1) is 7.14. The third-order valence-corrected chi connectivity index (χ3v) is 3.19. The van der Waals surface area contributed by atoms with Gasteiger partial charge in [0.2, 0.25) is 0 Å². The van der Waals surface area contributed by atoms with Crippen LogP contribution in [0.4, 0.5) is 8.78 Å². The SMILES string of the molecule is NC1(C(F)F)CCCCc2ccccc21. The van der Waals surface area contributed by atoms with Gasteiger partial charge in [-0.15, -0.1) is 0 Å². The smallest absolute Gasteiger partial charge is 0.260 e. The quantitative estimate of drug-likeness (QED) is 0.710. The maximum Gasteiger partial charge on any atom is 0.260 e. The molecule has 0 spiro atoms. The second-order valence-corrected chi connectivity index (χ2v) is 4.21. The summed E-state index contributed by atoms with van der Waals surface area (Å²) in [4.78, 5) is 0. The van der Waals surface area contributed by atoms with Gasteiger partial charge < -0.3 is 5.73 Å². The zero-order valence-electron chi connectivity index (χ0n) is 8.55. The third-order valence-electron chi connectivity index (χ3n) is 3.19. The van der Waals surface area contributed by atoms with Gasteiger partial charge in [0.25, 0.3) is 6.43 Å². The summed E-state index contributed by atoms with van der Waals surface area (Å²) in [6.45, 7) is 0. The van der Waals surface area contributed by atoms with Gasteiger partial charge in [0, 0.05) is 0 Å². The molecule has 0 aliphatic heterocycles. The molecule has 0 heterocycles. The highest BCUT2D eigenvalue weighted by molar-refractivity contribution is 5.35. The summed E-state index contributed by atoms with van der Waals surface area (Å²) in [6, 6.07) is 7.32. The molecular weight excluding hydrogens is 196 g/mol. The molecule has 1 nitrogen and oxygen atoms in total. The normalized spacial score (nSPS) is 26.1. The van der Waals surface area contributed by atoms with Gasteiger partial charge >= 0.3 is 0 Å². The van der Waals surface area contributed by atoms with Gasteiger partial charge in [-0.3, -0.25) is 0 Å². The minimum absolute atomic E-state index is 0.377. The lowest BCUT2D eigenvalue weighted by Crippen LogP contribution is -2.44. The molecule has 0 radical (unpaired) electrons. The maximum absolute atomic E-state index is 13.0. The molecule has 0 aromatic heterocycles. The molecule has 82 valence electrons. The van der Waals surface area contributed by atoms with Crippen LogP contribution in [0.1, 0.15) is 30.4 Å². The number of benzene rings is 1. The Morgan fingerprint density at radius 3 is 2.67 bits per heavy atom. The summed E-state index contributed by atoms with van der Waals surface area (Å²) in [5.41, 5.74) is 6.05. The van der Waals surface area contributed by atoms with E-state index in [-0.39, 0.29) is 0 Å². The predicted octanol–water partition coefficient (Wildman–Crippen LogP) is 2.83. The van der Waals surface area contributed by atoms with Crippen molar-refractivity contribution in [2.24, 2.45) is 5.73 Å². The molecule has 0 bridgehead atoms. The van der Waals surface area contributed by atoms with Crippen LogP contribution >= 0.6 is 0 Å². The van der Waals surface area contributed by atoms with E-state index in [4.69, 9.17) is 5.73 Å². The first-order valence-corrected chi connectivity index (χ1v) is 5.30. The van der Waals surface area contributed by atoms with Gasteiger partial charge in [0.1, 0.15) is 5.54 Å². The molecule has 0 amide bonds. The fourth-order valence-electron chi connectivity index (χ4n) is 2.29. The summed E-state index contributed by atoms with van der Waals surface area (Å²) >= 11 is 0. The number of halogens is 2. The first-order valence-electron chi connectivity index (χ1n) is 5.30. The zero-order chi connectivity index (χ0) is 10.9. The molecule has 1 aromatic rings. The van der Waals surface area contributed by atoms with Crippen LogP contribution in [0.5, 0.6) is 0 Å². The van der Waals surface area contributed by atoms with Crippen molar-refractivity contribution in [1.82, 2.24) is 0 Å². The Labute approximate surface area is 88.3 Å². The second-order valence-electron chi connectivity index (χ2n) is 4.21. The number of rotatable bonds is 1. The van der Waals surface area contributed by atoms with Crippen molar-refractivity contribution in [3.8, 4) is 0 Å². The predicted molar refractivity (Wildman–Crippen MR) is 55.9 cm³/mol. The Morgan fingerprint density at radius 2 is 1.93 bits per heavy atom. The number of fused-ring (bicyclic) bond motifs is 1. The fourth-order valence-corrected chi connectivity index (χ4v) is 2.29. The standard InChI is InChI=1S/C12H15F2N/c13-11(14)12(15)8-4-3-6-9-5-1-2-7-10(9)12/h1-2,5,7,11H,3-4,6,8,15H2. The van der Waals surface area contributed by atoms with E-state index in [1.54, 1.807) is 12.1 Å². The van der Waals surface area contributed by atoms with Crippen LogP contribution in [0.3, 0.4) is 0 Å². The zero-order valence-corrected chi connectivity index (χ0v) is 8.55. The van der Waals surface area contributed by atoms with E-state index in [2.05, 4.69) is 0 Å². The molecule has 15 heavy (non-hydrogen) atoms. The van der Waals surface area contributed by atoms with E-state index < -0.39 is 12.0 Å². The van der Waals surface area contributed by atoms with Crippen molar-refractivity contribution in [3.63, 3.8) is 0 Å². The van der Waals surface area contributed by atoms with Crippen LogP contribution in [-0.4, -0.2) is 6.43 Å². The van der Waals surface area contributed by atoms with Gasteiger partial charge in [0.05, 0.1) is 0 Å². The Balaban J connectivity index is 2.50. The molecule has 1 aliphatic rings. The van der Waals surface area contributed by atoms with Crippen LogP contribution in [0.2, 0.25) is 0 Å². The van der Waals surface area contributed by atoms with Gasteiger partial charge in [0.15, 0.2) is 0 Å². The minimum Gasteiger partial charge on any atom is -0.317 e.